The maximum atomic E-state index is 10.4. The Morgan fingerprint density at radius 3 is 2.18 bits per heavy atom. The van der Waals surface area contributed by atoms with Gasteiger partial charge in [-0.25, -0.2) is 4.79 Å². The molecule has 0 atom stereocenters. The molecule has 0 aliphatic heterocycles. The van der Waals surface area contributed by atoms with Crippen molar-refractivity contribution in [1.82, 2.24) is 0 Å². The molecule has 0 saturated heterocycles. The number of hydrogen-bond donors (Lipinski definition) is 0. The Hall–Kier alpha value is -0.770. The third kappa shape index (κ3) is 7.12. The van der Waals surface area contributed by atoms with Crippen molar-refractivity contribution in [2.24, 2.45) is 0 Å². The van der Waals surface area contributed by atoms with Gasteiger partial charge in [0.1, 0.15) is 0 Å². The zero-order valence-electron chi connectivity index (χ0n) is 6.46. The molecule has 0 amide bonds. The van der Waals surface area contributed by atoms with Crippen LogP contribution >= 0.6 is 12.4 Å². The molecule has 0 spiro atoms. The lowest BCUT2D eigenvalue weighted by Crippen LogP contribution is -2.12. The lowest BCUT2D eigenvalue weighted by atomic mass is 10.5. The second kappa shape index (κ2) is 7.34. The van der Waals surface area contributed by atoms with Gasteiger partial charge in [0.15, 0.2) is 0 Å². The minimum Gasteiger partial charge on any atom is -0.434 e. The SMILES string of the molecule is CCOC(=O)OC(=O)CC.Cl. The zero-order chi connectivity index (χ0) is 7.98. The van der Waals surface area contributed by atoms with Crippen molar-refractivity contribution in [1.29, 1.82) is 0 Å². The molecule has 0 aromatic rings. The first-order valence-electron chi connectivity index (χ1n) is 3.08. The number of esters is 1. The molecule has 0 fully saturated rings. The van der Waals surface area contributed by atoms with Crippen LogP contribution in [-0.4, -0.2) is 18.7 Å². The lowest BCUT2D eigenvalue weighted by Gasteiger charge is -1.99. The average Bonchev–Trinajstić information content (AvgIpc) is 1.88. The van der Waals surface area contributed by atoms with Crippen molar-refractivity contribution in [2.45, 2.75) is 20.3 Å². The van der Waals surface area contributed by atoms with Crippen LogP contribution in [0.15, 0.2) is 0 Å². The lowest BCUT2D eigenvalue weighted by molar-refractivity contribution is -0.139. The van der Waals surface area contributed by atoms with Crippen molar-refractivity contribution in [2.75, 3.05) is 6.61 Å². The summed E-state index contributed by atoms with van der Waals surface area (Å²) in [6.45, 7) is 3.45. The Kier molecular flexibility index (Phi) is 8.58. The summed E-state index contributed by atoms with van der Waals surface area (Å²) in [5, 5.41) is 0. The van der Waals surface area contributed by atoms with E-state index >= 15 is 0 Å². The van der Waals surface area contributed by atoms with Gasteiger partial charge in [0.2, 0.25) is 0 Å². The predicted octanol–water partition coefficient (Wildman–Crippen LogP) is 1.52. The summed E-state index contributed by atoms with van der Waals surface area (Å²) in [5.41, 5.74) is 0. The van der Waals surface area contributed by atoms with Gasteiger partial charge < -0.3 is 9.47 Å². The van der Waals surface area contributed by atoms with Gasteiger partial charge in [-0.2, -0.15) is 0 Å². The number of ether oxygens (including phenoxy) is 2. The van der Waals surface area contributed by atoms with Crippen LogP contribution in [0.2, 0.25) is 0 Å². The molecule has 5 heteroatoms. The molecular weight excluding hydrogens is 172 g/mol. The van der Waals surface area contributed by atoms with E-state index < -0.39 is 12.1 Å². The molecular formula is C6H11ClO4. The van der Waals surface area contributed by atoms with E-state index in [0.29, 0.717) is 0 Å². The van der Waals surface area contributed by atoms with Crippen LogP contribution < -0.4 is 0 Å². The van der Waals surface area contributed by atoms with Gasteiger partial charge in [-0.15, -0.1) is 12.4 Å². The summed E-state index contributed by atoms with van der Waals surface area (Å²) in [7, 11) is 0. The fraction of sp³-hybridized carbons (Fsp3) is 0.667. The fourth-order valence-corrected chi connectivity index (χ4v) is 0.312. The Balaban J connectivity index is 0. The number of hydrogen-bond acceptors (Lipinski definition) is 4. The molecule has 0 saturated carbocycles. The average molecular weight is 183 g/mol. The first kappa shape index (κ1) is 12.9. The van der Waals surface area contributed by atoms with Gasteiger partial charge in [0, 0.05) is 6.42 Å². The van der Waals surface area contributed by atoms with E-state index in [0.717, 1.165) is 0 Å². The number of halogens is 1. The normalized spacial score (nSPS) is 7.82. The van der Waals surface area contributed by atoms with Crippen LogP contribution in [0, 0.1) is 0 Å². The second-order valence-corrected chi connectivity index (χ2v) is 1.51. The number of rotatable bonds is 2. The zero-order valence-corrected chi connectivity index (χ0v) is 7.27. The highest BCUT2D eigenvalue weighted by molar-refractivity contribution is 5.85. The highest BCUT2D eigenvalue weighted by Gasteiger charge is 2.07. The third-order valence-corrected chi connectivity index (χ3v) is 0.748. The molecule has 0 heterocycles. The van der Waals surface area contributed by atoms with E-state index in [1.807, 2.05) is 0 Å². The molecule has 0 bridgehead atoms. The second-order valence-electron chi connectivity index (χ2n) is 1.51. The van der Waals surface area contributed by atoms with Gasteiger partial charge in [-0.1, -0.05) is 6.92 Å². The van der Waals surface area contributed by atoms with E-state index in [-0.39, 0.29) is 25.4 Å². The summed E-state index contributed by atoms with van der Waals surface area (Å²) in [6, 6.07) is 0. The molecule has 0 unspecified atom stereocenters. The van der Waals surface area contributed by atoms with Crippen LogP contribution in [0.1, 0.15) is 20.3 Å². The van der Waals surface area contributed by atoms with Crippen LogP contribution in [0.3, 0.4) is 0 Å². The number of carbonyl (C=O) groups is 2. The molecule has 4 nitrogen and oxygen atoms in total. The largest absolute Gasteiger partial charge is 0.516 e. The van der Waals surface area contributed by atoms with Crippen LogP contribution in [0.25, 0.3) is 0 Å². The maximum Gasteiger partial charge on any atom is 0.516 e. The topological polar surface area (TPSA) is 52.6 Å². The van der Waals surface area contributed by atoms with Crippen molar-refractivity contribution in [3.05, 3.63) is 0 Å². The molecule has 0 rings (SSSR count). The summed E-state index contributed by atoms with van der Waals surface area (Å²) in [5.74, 6) is -0.571. The first-order chi connectivity index (χ1) is 4.70. The molecule has 0 aromatic carbocycles. The smallest absolute Gasteiger partial charge is 0.434 e. The minimum atomic E-state index is -0.922. The highest BCUT2D eigenvalue weighted by Crippen LogP contribution is 1.88. The van der Waals surface area contributed by atoms with Crippen molar-refractivity contribution in [3.63, 3.8) is 0 Å². The van der Waals surface area contributed by atoms with Crippen molar-refractivity contribution in [3.8, 4) is 0 Å². The monoisotopic (exact) mass is 182 g/mol. The molecule has 0 aliphatic rings. The van der Waals surface area contributed by atoms with E-state index in [2.05, 4.69) is 9.47 Å². The maximum absolute atomic E-state index is 10.4. The minimum absolute atomic E-state index is 0. The van der Waals surface area contributed by atoms with Crippen molar-refractivity contribution < 1.29 is 19.1 Å². The first-order valence-corrected chi connectivity index (χ1v) is 3.08. The standard InChI is InChI=1S/C6H10O4.ClH/c1-3-5(7)10-6(8)9-4-2;/h3-4H2,1-2H3;1H. The Morgan fingerprint density at radius 1 is 1.27 bits per heavy atom. The van der Waals surface area contributed by atoms with E-state index in [1.54, 1.807) is 13.8 Å². The van der Waals surface area contributed by atoms with E-state index in [1.165, 1.54) is 0 Å². The van der Waals surface area contributed by atoms with Gasteiger partial charge in [-0.3, -0.25) is 4.79 Å². The van der Waals surface area contributed by atoms with Crippen molar-refractivity contribution >= 4 is 24.5 Å². The molecule has 0 N–H and O–H groups in total. The van der Waals surface area contributed by atoms with Gasteiger partial charge >= 0.3 is 12.1 Å². The molecule has 0 radical (unpaired) electrons. The van der Waals surface area contributed by atoms with Crippen LogP contribution in [0.4, 0.5) is 4.79 Å². The van der Waals surface area contributed by atoms with E-state index in [4.69, 9.17) is 0 Å². The molecule has 11 heavy (non-hydrogen) atoms. The summed E-state index contributed by atoms with van der Waals surface area (Å²) in [6.07, 6.45) is -0.743. The third-order valence-electron chi connectivity index (χ3n) is 0.748. The predicted molar refractivity (Wildman–Crippen MR) is 40.7 cm³/mol. The van der Waals surface area contributed by atoms with Crippen LogP contribution in [-0.2, 0) is 14.3 Å². The van der Waals surface area contributed by atoms with Crippen LogP contribution in [0.5, 0.6) is 0 Å². The Labute approximate surface area is 71.3 Å². The molecule has 0 aromatic heterocycles. The van der Waals surface area contributed by atoms with Gasteiger partial charge in [0.05, 0.1) is 6.61 Å². The highest BCUT2D eigenvalue weighted by atomic mass is 35.5. The van der Waals surface area contributed by atoms with E-state index in [9.17, 15) is 9.59 Å². The number of carbonyl (C=O) groups excluding carboxylic acids is 2. The van der Waals surface area contributed by atoms with Gasteiger partial charge in [-0.05, 0) is 6.92 Å². The quantitative estimate of drug-likeness (QED) is 0.480. The Morgan fingerprint density at radius 2 is 1.82 bits per heavy atom. The molecule has 66 valence electrons. The van der Waals surface area contributed by atoms with Gasteiger partial charge in [0.25, 0.3) is 0 Å². The molecule has 0 aliphatic carbocycles. The summed E-state index contributed by atoms with van der Waals surface area (Å²) in [4.78, 5) is 20.7. The summed E-state index contributed by atoms with van der Waals surface area (Å²) < 4.78 is 8.47. The Bertz CT molecular complexity index is 135. The summed E-state index contributed by atoms with van der Waals surface area (Å²) >= 11 is 0. The fourth-order valence-electron chi connectivity index (χ4n) is 0.312.